The Hall–Kier alpha value is -2.76. The molecule has 0 saturated heterocycles. The minimum atomic E-state index is -0.520. The minimum Gasteiger partial charge on any atom is -0.326 e. The molecule has 0 spiro atoms. The lowest BCUT2D eigenvalue weighted by Crippen LogP contribution is -2.12. The SMILES string of the molecule is O=C(CCc1ccc(F)cc1)Nc1cccc([N+](=O)[O-])c1. The van der Waals surface area contributed by atoms with Gasteiger partial charge in [0.25, 0.3) is 5.69 Å². The van der Waals surface area contributed by atoms with Gasteiger partial charge in [0.15, 0.2) is 0 Å². The molecule has 1 N–H and O–H groups in total. The molecule has 0 atom stereocenters. The van der Waals surface area contributed by atoms with Gasteiger partial charge in [0.2, 0.25) is 5.91 Å². The summed E-state index contributed by atoms with van der Waals surface area (Å²) >= 11 is 0. The number of amides is 1. The van der Waals surface area contributed by atoms with Crippen LogP contribution in [0.5, 0.6) is 0 Å². The largest absolute Gasteiger partial charge is 0.326 e. The van der Waals surface area contributed by atoms with Crippen LogP contribution in [-0.2, 0) is 11.2 Å². The molecular weight excluding hydrogens is 275 g/mol. The van der Waals surface area contributed by atoms with Gasteiger partial charge in [0.1, 0.15) is 5.82 Å². The fourth-order valence-electron chi connectivity index (χ4n) is 1.83. The van der Waals surface area contributed by atoms with Crippen molar-refractivity contribution in [2.45, 2.75) is 12.8 Å². The second kappa shape index (κ2) is 6.60. The van der Waals surface area contributed by atoms with E-state index in [0.717, 1.165) is 5.56 Å². The van der Waals surface area contributed by atoms with Gasteiger partial charge in [0.05, 0.1) is 4.92 Å². The molecule has 21 heavy (non-hydrogen) atoms. The highest BCUT2D eigenvalue weighted by Gasteiger charge is 2.08. The molecule has 1 amide bonds. The average Bonchev–Trinajstić information content (AvgIpc) is 2.47. The van der Waals surface area contributed by atoms with Crippen molar-refractivity contribution in [2.24, 2.45) is 0 Å². The number of carbonyl (C=O) groups is 1. The van der Waals surface area contributed by atoms with Crippen molar-refractivity contribution in [3.63, 3.8) is 0 Å². The van der Waals surface area contributed by atoms with E-state index in [2.05, 4.69) is 5.32 Å². The number of carbonyl (C=O) groups excluding carboxylic acids is 1. The molecule has 0 saturated carbocycles. The number of anilines is 1. The van der Waals surface area contributed by atoms with Crippen molar-refractivity contribution in [2.75, 3.05) is 5.32 Å². The van der Waals surface area contributed by atoms with Crippen molar-refractivity contribution in [3.8, 4) is 0 Å². The molecule has 5 nitrogen and oxygen atoms in total. The number of nitro groups is 1. The third kappa shape index (κ3) is 4.38. The Kier molecular flexibility index (Phi) is 4.61. The zero-order valence-electron chi connectivity index (χ0n) is 11.1. The summed E-state index contributed by atoms with van der Waals surface area (Å²) in [6.07, 6.45) is 0.690. The van der Waals surface area contributed by atoms with E-state index in [4.69, 9.17) is 0 Å². The van der Waals surface area contributed by atoms with Gasteiger partial charge < -0.3 is 5.32 Å². The normalized spacial score (nSPS) is 10.1. The zero-order chi connectivity index (χ0) is 15.2. The molecule has 0 aromatic heterocycles. The first kappa shape index (κ1) is 14.6. The van der Waals surface area contributed by atoms with Gasteiger partial charge in [-0.25, -0.2) is 4.39 Å². The second-order valence-corrected chi connectivity index (χ2v) is 4.48. The first-order chi connectivity index (χ1) is 10.0. The second-order valence-electron chi connectivity index (χ2n) is 4.48. The number of hydrogen-bond donors (Lipinski definition) is 1. The fraction of sp³-hybridized carbons (Fsp3) is 0.133. The molecule has 0 bridgehead atoms. The predicted molar refractivity (Wildman–Crippen MR) is 76.4 cm³/mol. The molecule has 0 fully saturated rings. The Morgan fingerprint density at radius 3 is 2.57 bits per heavy atom. The summed E-state index contributed by atoms with van der Waals surface area (Å²) < 4.78 is 12.7. The van der Waals surface area contributed by atoms with E-state index in [1.165, 1.54) is 30.3 Å². The third-order valence-corrected chi connectivity index (χ3v) is 2.89. The Morgan fingerprint density at radius 2 is 1.90 bits per heavy atom. The molecule has 0 aliphatic carbocycles. The summed E-state index contributed by atoms with van der Waals surface area (Å²) in [7, 11) is 0. The number of aryl methyl sites for hydroxylation is 1. The summed E-state index contributed by atoms with van der Waals surface area (Å²) in [6, 6.07) is 11.7. The van der Waals surface area contributed by atoms with Crippen LogP contribution in [0.2, 0.25) is 0 Å². The maximum Gasteiger partial charge on any atom is 0.271 e. The molecule has 108 valence electrons. The van der Waals surface area contributed by atoms with Crippen LogP contribution in [0.1, 0.15) is 12.0 Å². The van der Waals surface area contributed by atoms with E-state index in [0.29, 0.717) is 12.1 Å². The predicted octanol–water partition coefficient (Wildman–Crippen LogP) is 3.31. The standard InChI is InChI=1S/C15H13FN2O3/c16-12-7-4-11(5-8-12)6-9-15(19)17-13-2-1-3-14(10-13)18(20)21/h1-5,7-8,10H,6,9H2,(H,17,19). The number of nitrogens with zero attached hydrogens (tertiary/aromatic N) is 1. The molecule has 0 unspecified atom stereocenters. The first-order valence-electron chi connectivity index (χ1n) is 6.33. The van der Waals surface area contributed by atoms with Crippen LogP contribution >= 0.6 is 0 Å². The third-order valence-electron chi connectivity index (χ3n) is 2.89. The average molecular weight is 288 g/mol. The summed E-state index contributed by atoms with van der Waals surface area (Å²) in [6.45, 7) is 0. The maximum atomic E-state index is 12.7. The molecule has 6 heteroatoms. The maximum absolute atomic E-state index is 12.7. The topological polar surface area (TPSA) is 72.2 Å². The lowest BCUT2D eigenvalue weighted by molar-refractivity contribution is -0.384. The summed E-state index contributed by atoms with van der Waals surface area (Å²) in [5, 5.41) is 13.2. The number of benzene rings is 2. The molecule has 0 radical (unpaired) electrons. The molecule has 2 aromatic rings. The highest BCUT2D eigenvalue weighted by Crippen LogP contribution is 2.17. The van der Waals surface area contributed by atoms with Crippen LogP contribution in [-0.4, -0.2) is 10.8 Å². The van der Waals surface area contributed by atoms with Gasteiger partial charge in [-0.15, -0.1) is 0 Å². The van der Waals surface area contributed by atoms with Crippen molar-refractivity contribution in [1.29, 1.82) is 0 Å². The number of halogens is 1. The van der Waals surface area contributed by atoms with Crippen LogP contribution in [0.4, 0.5) is 15.8 Å². The first-order valence-corrected chi connectivity index (χ1v) is 6.33. The van der Waals surface area contributed by atoms with Crippen molar-refractivity contribution < 1.29 is 14.1 Å². The lowest BCUT2D eigenvalue weighted by Gasteiger charge is -2.05. The molecule has 2 rings (SSSR count). The van der Waals surface area contributed by atoms with E-state index in [-0.39, 0.29) is 23.8 Å². The number of rotatable bonds is 5. The summed E-state index contributed by atoms with van der Waals surface area (Å²) in [5.41, 5.74) is 1.16. The minimum absolute atomic E-state index is 0.0775. The number of hydrogen-bond acceptors (Lipinski definition) is 3. The fourth-order valence-corrected chi connectivity index (χ4v) is 1.83. The molecule has 0 heterocycles. The monoisotopic (exact) mass is 288 g/mol. The number of non-ortho nitro benzene ring substituents is 1. The van der Waals surface area contributed by atoms with E-state index < -0.39 is 4.92 Å². The van der Waals surface area contributed by atoms with E-state index in [9.17, 15) is 19.3 Å². The highest BCUT2D eigenvalue weighted by atomic mass is 19.1. The molecule has 0 aliphatic rings. The quantitative estimate of drug-likeness (QED) is 0.677. The van der Waals surface area contributed by atoms with Crippen LogP contribution < -0.4 is 5.32 Å². The van der Waals surface area contributed by atoms with Gasteiger partial charge in [0, 0.05) is 24.2 Å². The molecule has 2 aromatic carbocycles. The smallest absolute Gasteiger partial charge is 0.271 e. The van der Waals surface area contributed by atoms with Crippen molar-refractivity contribution >= 4 is 17.3 Å². The van der Waals surface area contributed by atoms with Crippen LogP contribution in [0.15, 0.2) is 48.5 Å². The van der Waals surface area contributed by atoms with Crippen molar-refractivity contribution in [1.82, 2.24) is 0 Å². The van der Waals surface area contributed by atoms with Crippen molar-refractivity contribution in [3.05, 3.63) is 70.0 Å². The molecule has 0 aliphatic heterocycles. The lowest BCUT2D eigenvalue weighted by atomic mass is 10.1. The van der Waals surface area contributed by atoms with Gasteiger partial charge in [-0.05, 0) is 30.2 Å². The Morgan fingerprint density at radius 1 is 1.19 bits per heavy atom. The Balaban J connectivity index is 1.91. The van der Waals surface area contributed by atoms with E-state index in [1.54, 1.807) is 18.2 Å². The zero-order valence-corrected chi connectivity index (χ0v) is 11.1. The molecular formula is C15H13FN2O3. The number of nitro benzene ring substituents is 1. The Labute approximate surface area is 120 Å². The van der Waals surface area contributed by atoms with Gasteiger partial charge in [-0.1, -0.05) is 18.2 Å². The Bertz CT molecular complexity index is 656. The van der Waals surface area contributed by atoms with E-state index in [1.807, 2.05) is 0 Å². The summed E-state index contributed by atoms with van der Waals surface area (Å²) in [4.78, 5) is 21.9. The number of nitrogens with one attached hydrogen (secondary N) is 1. The highest BCUT2D eigenvalue weighted by molar-refractivity contribution is 5.91. The van der Waals surface area contributed by atoms with Gasteiger partial charge >= 0.3 is 0 Å². The van der Waals surface area contributed by atoms with E-state index >= 15 is 0 Å². The van der Waals surface area contributed by atoms with Gasteiger partial charge in [-0.2, -0.15) is 0 Å². The summed E-state index contributed by atoms with van der Waals surface area (Å²) in [5.74, 6) is -0.570. The van der Waals surface area contributed by atoms with Gasteiger partial charge in [-0.3, -0.25) is 14.9 Å². The van der Waals surface area contributed by atoms with Crippen LogP contribution in [0, 0.1) is 15.9 Å². The van der Waals surface area contributed by atoms with Crippen LogP contribution in [0.25, 0.3) is 0 Å². The van der Waals surface area contributed by atoms with Crippen LogP contribution in [0.3, 0.4) is 0 Å².